The molecule has 2 unspecified atom stereocenters. The first kappa shape index (κ1) is 13.7. The molecule has 0 radical (unpaired) electrons. The van der Waals surface area contributed by atoms with E-state index in [1.54, 1.807) is 19.2 Å². The Bertz CT molecular complexity index is 647. The van der Waals surface area contributed by atoms with Crippen molar-refractivity contribution in [1.82, 2.24) is 14.1 Å². The normalized spacial score (nSPS) is 22.3. The number of halogens is 1. The van der Waals surface area contributed by atoms with E-state index in [1.165, 1.54) is 0 Å². The minimum Gasteiger partial charge on any atom is -0.380 e. The molecular formula is C12H13ClN4O2S. The lowest BCUT2D eigenvalue weighted by Crippen LogP contribution is -2.35. The van der Waals surface area contributed by atoms with Gasteiger partial charge in [0.05, 0.1) is 34.6 Å². The first-order valence-electron chi connectivity index (χ1n) is 6.17. The van der Waals surface area contributed by atoms with Crippen LogP contribution in [0.2, 0.25) is 5.02 Å². The Morgan fingerprint density at radius 2 is 2.40 bits per heavy atom. The number of nitrogens with one attached hydrogen (secondary N) is 2. The fraction of sp³-hybridized carbons (Fsp3) is 0.417. The predicted octanol–water partition coefficient (Wildman–Crippen LogP) is 1.66. The lowest BCUT2D eigenvalue weighted by molar-refractivity contribution is -0.117. The highest BCUT2D eigenvalue weighted by molar-refractivity contribution is 7.00. The fourth-order valence-corrected chi connectivity index (χ4v) is 2.98. The first-order valence-corrected chi connectivity index (χ1v) is 7.27. The maximum Gasteiger partial charge on any atom is 0.241 e. The third-order valence-electron chi connectivity index (χ3n) is 3.37. The molecule has 2 N–H and O–H groups in total. The largest absolute Gasteiger partial charge is 0.380 e. The van der Waals surface area contributed by atoms with E-state index in [2.05, 4.69) is 19.4 Å². The van der Waals surface area contributed by atoms with Crippen LogP contribution in [0.25, 0.3) is 11.0 Å². The van der Waals surface area contributed by atoms with Gasteiger partial charge in [0.25, 0.3) is 0 Å². The molecule has 1 aromatic heterocycles. The second-order valence-electron chi connectivity index (χ2n) is 4.60. The van der Waals surface area contributed by atoms with E-state index >= 15 is 0 Å². The third kappa shape index (κ3) is 2.49. The highest BCUT2D eigenvalue weighted by atomic mass is 35.5. The molecule has 1 fully saturated rings. The molecule has 2 heterocycles. The summed E-state index contributed by atoms with van der Waals surface area (Å²) in [7, 11) is 1.64. The average Bonchev–Trinajstić information content (AvgIpc) is 3.09. The summed E-state index contributed by atoms with van der Waals surface area (Å²) in [6.07, 6.45) is 0.712. The van der Waals surface area contributed by atoms with Crippen molar-refractivity contribution in [3.8, 4) is 0 Å². The van der Waals surface area contributed by atoms with Crippen LogP contribution in [-0.4, -0.2) is 40.5 Å². The van der Waals surface area contributed by atoms with Gasteiger partial charge in [-0.25, -0.2) is 0 Å². The molecule has 6 nitrogen and oxygen atoms in total. The number of carbonyl (C=O) groups excluding carboxylic acids is 1. The minimum atomic E-state index is -0.280. The van der Waals surface area contributed by atoms with E-state index in [9.17, 15) is 4.79 Å². The Kier molecular flexibility index (Phi) is 3.84. The maximum atomic E-state index is 12.3. The lowest BCUT2D eigenvalue weighted by Gasteiger charge is -2.12. The quantitative estimate of drug-likeness (QED) is 0.901. The van der Waals surface area contributed by atoms with Gasteiger partial charge in [-0.3, -0.25) is 4.79 Å². The fourth-order valence-electron chi connectivity index (χ4n) is 2.24. The van der Waals surface area contributed by atoms with Crippen LogP contribution in [0.3, 0.4) is 0 Å². The Morgan fingerprint density at radius 1 is 1.55 bits per heavy atom. The van der Waals surface area contributed by atoms with Crippen LogP contribution in [0.15, 0.2) is 12.1 Å². The number of methoxy groups -OCH3 is 1. The number of nitrogens with zero attached hydrogens (tertiary/aromatic N) is 2. The van der Waals surface area contributed by atoms with Crippen molar-refractivity contribution in [2.75, 3.05) is 19.0 Å². The molecule has 2 aromatic rings. The Balaban J connectivity index is 1.81. The van der Waals surface area contributed by atoms with Gasteiger partial charge in [0.15, 0.2) is 0 Å². The number of rotatable bonds is 3. The summed E-state index contributed by atoms with van der Waals surface area (Å²) in [6, 6.07) is 3.21. The highest BCUT2D eigenvalue weighted by Crippen LogP contribution is 2.30. The zero-order valence-electron chi connectivity index (χ0n) is 10.7. The molecule has 1 amide bonds. The Hall–Kier alpha value is -1.28. The van der Waals surface area contributed by atoms with E-state index in [-0.39, 0.29) is 18.1 Å². The molecule has 20 heavy (non-hydrogen) atoms. The molecule has 8 heteroatoms. The third-order valence-corrected chi connectivity index (χ3v) is 4.22. The van der Waals surface area contributed by atoms with E-state index in [4.69, 9.17) is 16.3 Å². The molecule has 1 saturated heterocycles. The Labute approximate surface area is 124 Å². The van der Waals surface area contributed by atoms with Crippen molar-refractivity contribution >= 4 is 46.0 Å². The van der Waals surface area contributed by atoms with Gasteiger partial charge in [-0.2, -0.15) is 8.75 Å². The van der Waals surface area contributed by atoms with Crippen LogP contribution < -0.4 is 10.6 Å². The maximum absolute atomic E-state index is 12.3. The molecule has 106 valence electrons. The van der Waals surface area contributed by atoms with Crippen LogP contribution in [0.5, 0.6) is 0 Å². The van der Waals surface area contributed by atoms with E-state index in [1.807, 2.05) is 0 Å². The summed E-state index contributed by atoms with van der Waals surface area (Å²) in [6.45, 7) is 0.671. The highest BCUT2D eigenvalue weighted by Gasteiger charge is 2.30. The molecular weight excluding hydrogens is 300 g/mol. The van der Waals surface area contributed by atoms with Crippen LogP contribution in [-0.2, 0) is 9.53 Å². The second kappa shape index (κ2) is 5.61. The van der Waals surface area contributed by atoms with Crippen molar-refractivity contribution < 1.29 is 9.53 Å². The lowest BCUT2D eigenvalue weighted by atomic mass is 10.2. The zero-order chi connectivity index (χ0) is 14.1. The van der Waals surface area contributed by atoms with Gasteiger partial charge >= 0.3 is 0 Å². The molecule has 3 rings (SSSR count). The topological polar surface area (TPSA) is 76.1 Å². The first-order chi connectivity index (χ1) is 9.69. The summed E-state index contributed by atoms with van der Waals surface area (Å²) < 4.78 is 13.5. The molecule has 1 aliphatic rings. The zero-order valence-corrected chi connectivity index (χ0v) is 12.3. The monoisotopic (exact) mass is 312 g/mol. The molecule has 0 spiro atoms. The number of aromatic nitrogens is 2. The van der Waals surface area contributed by atoms with Gasteiger partial charge in [0.2, 0.25) is 5.91 Å². The van der Waals surface area contributed by atoms with Gasteiger partial charge in [-0.1, -0.05) is 11.6 Å². The minimum absolute atomic E-state index is 0.0675. The van der Waals surface area contributed by atoms with Gasteiger partial charge in [-0.15, -0.1) is 0 Å². The second-order valence-corrected chi connectivity index (χ2v) is 5.53. The number of benzene rings is 1. The van der Waals surface area contributed by atoms with Crippen molar-refractivity contribution in [3.05, 3.63) is 17.2 Å². The smallest absolute Gasteiger partial charge is 0.241 e. The molecule has 0 bridgehead atoms. The van der Waals surface area contributed by atoms with E-state index in [0.29, 0.717) is 29.2 Å². The summed E-state index contributed by atoms with van der Waals surface area (Å²) in [5.41, 5.74) is 1.87. The van der Waals surface area contributed by atoms with Crippen LogP contribution in [0.1, 0.15) is 6.42 Å². The standard InChI is InChI=1S/C12H13ClN4O2S/c1-19-6-4-9(14-5-6)12(18)15-10-7(13)2-3-8-11(10)17-20-16-8/h2-3,6,9,14H,4-5H2,1H3,(H,15,18). The average molecular weight is 313 g/mol. The summed E-state index contributed by atoms with van der Waals surface area (Å²) in [4.78, 5) is 12.3. The van der Waals surface area contributed by atoms with E-state index < -0.39 is 0 Å². The van der Waals surface area contributed by atoms with Crippen molar-refractivity contribution in [2.45, 2.75) is 18.6 Å². The van der Waals surface area contributed by atoms with Crippen molar-refractivity contribution in [3.63, 3.8) is 0 Å². The van der Waals surface area contributed by atoms with E-state index in [0.717, 1.165) is 17.2 Å². The SMILES string of the molecule is COC1CNC(C(=O)Nc2c(Cl)ccc3nsnc23)C1. The van der Waals surface area contributed by atoms with Crippen LogP contribution >= 0.6 is 23.3 Å². The number of hydrogen-bond donors (Lipinski definition) is 2. The van der Waals surface area contributed by atoms with Crippen LogP contribution in [0, 0.1) is 0 Å². The molecule has 2 atom stereocenters. The number of fused-ring (bicyclic) bond motifs is 1. The number of ether oxygens (including phenoxy) is 1. The van der Waals surface area contributed by atoms with Gasteiger partial charge in [0, 0.05) is 13.7 Å². The number of amides is 1. The van der Waals surface area contributed by atoms with Gasteiger partial charge < -0.3 is 15.4 Å². The van der Waals surface area contributed by atoms with Crippen molar-refractivity contribution in [1.29, 1.82) is 0 Å². The van der Waals surface area contributed by atoms with Crippen LogP contribution in [0.4, 0.5) is 5.69 Å². The number of anilines is 1. The van der Waals surface area contributed by atoms with Crippen molar-refractivity contribution in [2.24, 2.45) is 0 Å². The molecule has 0 aliphatic carbocycles. The predicted molar refractivity (Wildman–Crippen MR) is 78.3 cm³/mol. The molecule has 0 saturated carbocycles. The summed E-state index contributed by atoms with van der Waals surface area (Å²) in [5.74, 6) is -0.132. The number of carbonyl (C=O) groups is 1. The summed E-state index contributed by atoms with van der Waals surface area (Å²) >= 11 is 7.24. The summed E-state index contributed by atoms with van der Waals surface area (Å²) in [5, 5.41) is 6.42. The van der Waals surface area contributed by atoms with Gasteiger partial charge in [0.1, 0.15) is 11.0 Å². The van der Waals surface area contributed by atoms with Gasteiger partial charge in [-0.05, 0) is 18.6 Å². The molecule has 1 aliphatic heterocycles. The number of hydrogen-bond acceptors (Lipinski definition) is 6. The molecule has 1 aromatic carbocycles. The Morgan fingerprint density at radius 3 is 3.15 bits per heavy atom.